The number of aromatic nitrogens is 2. The lowest BCUT2D eigenvalue weighted by molar-refractivity contribution is -0.123. The third kappa shape index (κ3) is 5.97. The third-order valence-electron chi connectivity index (χ3n) is 4.89. The minimum absolute atomic E-state index is 0.110. The molecular weight excluding hydrogens is 472 g/mol. The van der Waals surface area contributed by atoms with Gasteiger partial charge < -0.3 is 9.47 Å². The Labute approximate surface area is 196 Å². The number of nitrogens with one attached hydrogen (secondary N) is 1. The van der Waals surface area contributed by atoms with Crippen LogP contribution in [0, 0.1) is 27.7 Å². The maximum absolute atomic E-state index is 12.0. The lowest BCUT2D eigenvalue weighted by atomic mass is 10.1. The molecule has 2 aromatic carbocycles. The first-order valence-corrected chi connectivity index (χ1v) is 11.0. The summed E-state index contributed by atoms with van der Waals surface area (Å²) in [7, 11) is 1.63. The molecule has 3 rings (SSSR count). The van der Waals surface area contributed by atoms with Crippen LogP contribution in [0.25, 0.3) is 0 Å². The van der Waals surface area contributed by atoms with Crippen LogP contribution in [0.2, 0.25) is 0 Å². The van der Waals surface area contributed by atoms with E-state index in [1.165, 1.54) is 0 Å². The van der Waals surface area contributed by atoms with Crippen molar-refractivity contribution in [3.05, 3.63) is 74.5 Å². The number of halogens is 1. The molecule has 1 aromatic heterocycles. The predicted octanol–water partition coefficient (Wildman–Crippen LogP) is 4.47. The summed E-state index contributed by atoms with van der Waals surface area (Å²) in [6, 6.07) is 11.6. The normalized spacial score (nSPS) is 11.1. The summed E-state index contributed by atoms with van der Waals surface area (Å²) in [6.07, 6.45) is 1.57. The highest BCUT2D eigenvalue weighted by Gasteiger charge is 2.12. The Morgan fingerprint density at radius 3 is 2.50 bits per heavy atom. The van der Waals surface area contributed by atoms with E-state index >= 15 is 0 Å². The first-order chi connectivity index (χ1) is 15.3. The van der Waals surface area contributed by atoms with E-state index in [2.05, 4.69) is 31.6 Å². The number of hydrogen-bond donors (Lipinski definition) is 1. The molecule has 0 radical (unpaired) electrons. The molecule has 1 heterocycles. The van der Waals surface area contributed by atoms with Crippen LogP contribution >= 0.6 is 15.9 Å². The number of nitrogens with zero attached hydrogens (tertiary/aromatic N) is 3. The Kier molecular flexibility index (Phi) is 7.69. The summed E-state index contributed by atoms with van der Waals surface area (Å²) >= 11 is 3.56. The molecule has 0 bridgehead atoms. The van der Waals surface area contributed by atoms with Gasteiger partial charge in [-0.3, -0.25) is 9.48 Å². The van der Waals surface area contributed by atoms with Gasteiger partial charge in [-0.1, -0.05) is 18.2 Å². The van der Waals surface area contributed by atoms with Crippen LogP contribution in [0.4, 0.5) is 0 Å². The second-order valence-corrected chi connectivity index (χ2v) is 8.41. The average Bonchev–Trinajstić information content (AvgIpc) is 2.99. The number of amides is 1. The van der Waals surface area contributed by atoms with Crippen LogP contribution in [0.5, 0.6) is 11.5 Å². The minimum Gasteiger partial charge on any atom is -0.496 e. The topological polar surface area (TPSA) is 77.7 Å². The van der Waals surface area contributed by atoms with E-state index in [1.54, 1.807) is 13.3 Å². The van der Waals surface area contributed by atoms with Crippen LogP contribution in [-0.2, 0) is 11.3 Å². The van der Waals surface area contributed by atoms with Crippen LogP contribution < -0.4 is 14.9 Å². The average molecular weight is 499 g/mol. The molecular formula is C24H27BrN4O3. The van der Waals surface area contributed by atoms with Crippen molar-refractivity contribution in [2.24, 2.45) is 5.10 Å². The number of rotatable bonds is 8. The molecule has 168 valence electrons. The van der Waals surface area contributed by atoms with Crippen molar-refractivity contribution in [2.45, 2.75) is 34.2 Å². The highest BCUT2D eigenvalue weighted by Crippen LogP contribution is 2.24. The number of benzene rings is 2. The van der Waals surface area contributed by atoms with Gasteiger partial charge in [-0.05, 0) is 78.5 Å². The molecule has 0 saturated carbocycles. The molecule has 0 fully saturated rings. The van der Waals surface area contributed by atoms with Gasteiger partial charge in [0.2, 0.25) is 0 Å². The molecule has 1 amide bonds. The molecule has 0 atom stereocenters. The third-order valence-corrected chi connectivity index (χ3v) is 6.04. The highest BCUT2D eigenvalue weighted by atomic mass is 79.9. The summed E-state index contributed by atoms with van der Waals surface area (Å²) in [4.78, 5) is 12.0. The van der Waals surface area contributed by atoms with Crippen LogP contribution in [0.1, 0.15) is 33.6 Å². The Morgan fingerprint density at radius 1 is 1.16 bits per heavy atom. The Bertz CT molecular complexity index is 1130. The van der Waals surface area contributed by atoms with Crippen molar-refractivity contribution in [2.75, 3.05) is 13.7 Å². The van der Waals surface area contributed by atoms with Crippen molar-refractivity contribution in [1.29, 1.82) is 0 Å². The van der Waals surface area contributed by atoms with Gasteiger partial charge in [-0.2, -0.15) is 10.2 Å². The number of ether oxygens (including phenoxy) is 2. The summed E-state index contributed by atoms with van der Waals surface area (Å²) in [5, 5.41) is 8.57. The first kappa shape index (κ1) is 23.5. The van der Waals surface area contributed by atoms with Crippen LogP contribution in [0.3, 0.4) is 0 Å². The summed E-state index contributed by atoms with van der Waals surface area (Å²) in [5.41, 5.74) is 8.45. The van der Waals surface area contributed by atoms with Gasteiger partial charge in [-0.25, -0.2) is 5.43 Å². The minimum atomic E-state index is -0.334. The zero-order valence-electron chi connectivity index (χ0n) is 18.9. The Hall–Kier alpha value is -3.13. The van der Waals surface area contributed by atoms with Gasteiger partial charge in [0, 0.05) is 5.56 Å². The molecule has 0 aliphatic heterocycles. The number of hydrogen-bond acceptors (Lipinski definition) is 5. The molecule has 32 heavy (non-hydrogen) atoms. The van der Waals surface area contributed by atoms with Crippen molar-refractivity contribution in [3.63, 3.8) is 0 Å². The van der Waals surface area contributed by atoms with Gasteiger partial charge in [0.05, 0.1) is 35.7 Å². The van der Waals surface area contributed by atoms with E-state index in [9.17, 15) is 4.79 Å². The SMILES string of the molecule is COc1cc(C=NNC(=O)COc2cc(C)cc(C)c2)ccc1Cn1nc(C)c(Br)c1C. The van der Waals surface area contributed by atoms with Gasteiger partial charge in [0.15, 0.2) is 6.61 Å². The summed E-state index contributed by atoms with van der Waals surface area (Å²) < 4.78 is 14.0. The number of aryl methyl sites for hydroxylation is 3. The zero-order valence-corrected chi connectivity index (χ0v) is 20.5. The van der Waals surface area contributed by atoms with Crippen molar-refractivity contribution in [3.8, 4) is 11.5 Å². The predicted molar refractivity (Wildman–Crippen MR) is 129 cm³/mol. The lowest BCUT2D eigenvalue weighted by Crippen LogP contribution is -2.24. The number of hydrazone groups is 1. The smallest absolute Gasteiger partial charge is 0.277 e. The Morgan fingerprint density at radius 2 is 1.88 bits per heavy atom. The fraction of sp³-hybridized carbons (Fsp3) is 0.292. The van der Waals surface area contributed by atoms with E-state index in [0.717, 1.165) is 43.9 Å². The van der Waals surface area contributed by atoms with E-state index in [-0.39, 0.29) is 12.5 Å². The zero-order chi connectivity index (χ0) is 23.3. The molecule has 0 saturated heterocycles. The first-order valence-electron chi connectivity index (χ1n) is 10.2. The van der Waals surface area contributed by atoms with Crippen molar-refractivity contribution < 1.29 is 14.3 Å². The quantitative estimate of drug-likeness (QED) is 0.367. The van der Waals surface area contributed by atoms with Gasteiger partial charge in [0.25, 0.3) is 5.91 Å². The standard InChI is InChI=1S/C24H27BrN4O3/c1-15-8-16(2)10-21(9-15)32-14-23(30)27-26-12-19-6-7-20(22(11-19)31-5)13-29-18(4)24(25)17(3)28-29/h6-12H,13-14H2,1-5H3,(H,27,30). The van der Waals surface area contributed by atoms with Crippen molar-refractivity contribution in [1.82, 2.24) is 15.2 Å². The van der Waals surface area contributed by atoms with Crippen LogP contribution in [0.15, 0.2) is 46.0 Å². The number of carbonyl (C=O) groups is 1. The molecule has 1 N–H and O–H groups in total. The molecule has 0 unspecified atom stereocenters. The van der Waals surface area contributed by atoms with Gasteiger partial charge >= 0.3 is 0 Å². The fourth-order valence-electron chi connectivity index (χ4n) is 3.34. The molecule has 3 aromatic rings. The summed E-state index contributed by atoms with van der Waals surface area (Å²) in [6.45, 7) is 8.43. The molecule has 0 aliphatic rings. The van der Waals surface area contributed by atoms with E-state index in [4.69, 9.17) is 9.47 Å². The van der Waals surface area contributed by atoms with E-state index in [0.29, 0.717) is 12.3 Å². The molecule has 7 nitrogen and oxygen atoms in total. The highest BCUT2D eigenvalue weighted by molar-refractivity contribution is 9.10. The maximum atomic E-state index is 12.0. The lowest BCUT2D eigenvalue weighted by Gasteiger charge is -2.11. The van der Waals surface area contributed by atoms with Gasteiger partial charge in [-0.15, -0.1) is 0 Å². The molecule has 0 spiro atoms. The largest absolute Gasteiger partial charge is 0.496 e. The second-order valence-electron chi connectivity index (χ2n) is 7.62. The van der Waals surface area contributed by atoms with E-state index in [1.807, 2.05) is 68.8 Å². The summed E-state index contributed by atoms with van der Waals surface area (Å²) in [5.74, 6) is 1.05. The van der Waals surface area contributed by atoms with Crippen LogP contribution in [-0.4, -0.2) is 35.6 Å². The number of methoxy groups -OCH3 is 1. The maximum Gasteiger partial charge on any atom is 0.277 e. The van der Waals surface area contributed by atoms with Crippen molar-refractivity contribution >= 4 is 28.1 Å². The second kappa shape index (κ2) is 10.5. The van der Waals surface area contributed by atoms with Gasteiger partial charge in [0.1, 0.15) is 11.5 Å². The number of carbonyl (C=O) groups excluding carboxylic acids is 1. The molecule has 0 aliphatic carbocycles. The molecule has 8 heteroatoms. The fourth-order valence-corrected chi connectivity index (χ4v) is 3.62. The Balaban J connectivity index is 1.59. The van der Waals surface area contributed by atoms with E-state index < -0.39 is 0 Å². The monoisotopic (exact) mass is 498 g/mol.